The number of nitrogens with one attached hydrogen (secondary N) is 3. The van der Waals surface area contributed by atoms with Crippen LogP contribution in [0.5, 0.6) is 0 Å². The quantitative estimate of drug-likeness (QED) is 0.142. The molecule has 8 nitrogen and oxygen atoms in total. The monoisotopic (exact) mass is 652 g/mol. The predicted molar refractivity (Wildman–Crippen MR) is 181 cm³/mol. The van der Waals surface area contributed by atoms with Crippen molar-refractivity contribution in [1.82, 2.24) is 16.2 Å². The lowest BCUT2D eigenvalue weighted by atomic mass is 9.87. The van der Waals surface area contributed by atoms with E-state index in [0.717, 1.165) is 0 Å². The van der Waals surface area contributed by atoms with Crippen molar-refractivity contribution < 1.29 is 32.7 Å². The molecule has 0 saturated heterocycles. The molecule has 11 heteroatoms. The highest BCUT2D eigenvalue weighted by Gasteiger charge is 2.29. The average molecular weight is 653 g/mol. The number of aliphatic hydroxyl groups is 1. The molecular weight excluding hydrogens is 597 g/mol. The molecule has 0 aliphatic rings. The summed E-state index contributed by atoms with van der Waals surface area (Å²) >= 11 is 0. The van der Waals surface area contributed by atoms with Crippen molar-refractivity contribution in [1.29, 1.82) is 0 Å². The highest BCUT2D eigenvalue weighted by Crippen LogP contribution is 2.21. The minimum atomic E-state index is -0.937. The molecule has 2 unspecified atom stereocenters. The number of amides is 2. The molecule has 260 valence electrons. The minimum Gasteiger partial charge on any atom is -0.444 e. The third kappa shape index (κ3) is 19.7. The van der Waals surface area contributed by atoms with Crippen LogP contribution in [0, 0.1) is 30.9 Å². The molecule has 0 heterocycles. The number of benzene rings is 2. The number of hydrogen-bond acceptors (Lipinski definition) is 6. The molecule has 6 N–H and O–H groups in total. The molecule has 2 rings (SSSR count). The van der Waals surface area contributed by atoms with E-state index in [9.17, 15) is 28.0 Å². The van der Waals surface area contributed by atoms with Crippen LogP contribution in [-0.4, -0.2) is 47.9 Å². The van der Waals surface area contributed by atoms with Crippen LogP contribution in [0.15, 0.2) is 55.6 Å². The Kier molecular flexibility index (Phi) is 21.2. The van der Waals surface area contributed by atoms with Gasteiger partial charge in [0.05, 0.1) is 6.10 Å². The van der Waals surface area contributed by atoms with Crippen LogP contribution in [0.3, 0.4) is 0 Å². The van der Waals surface area contributed by atoms with E-state index in [2.05, 4.69) is 61.9 Å². The first kappa shape index (κ1) is 44.5. The number of allylic oxidation sites excluding steroid dienone is 2. The van der Waals surface area contributed by atoms with Crippen LogP contribution in [0.1, 0.15) is 77.6 Å². The second-order valence-corrected chi connectivity index (χ2v) is 12.3. The summed E-state index contributed by atoms with van der Waals surface area (Å²) < 4.78 is 45.0. The Bertz CT molecular complexity index is 1180. The molecule has 0 aliphatic heterocycles. The fraction of sp³-hybridized carbons (Fsp3) is 0.486. The van der Waals surface area contributed by atoms with E-state index in [0.29, 0.717) is 11.1 Å². The SMILES string of the molecule is C=CC(=C)c1cc(F)c(CNCC(O)CNC(=O)OC(C)(C)C)c(F)c1.CC.CC(C)(C)C(NF)C(N)=O.Cc1ccc(C)cc1. The molecule has 0 aliphatic carbocycles. The Morgan fingerprint density at radius 2 is 1.43 bits per heavy atom. The van der Waals surface area contributed by atoms with E-state index >= 15 is 0 Å². The van der Waals surface area contributed by atoms with Crippen LogP contribution in [-0.2, 0) is 16.1 Å². The van der Waals surface area contributed by atoms with Crippen LogP contribution in [0.4, 0.5) is 18.1 Å². The Balaban J connectivity index is 0. The van der Waals surface area contributed by atoms with Gasteiger partial charge in [-0.2, -0.15) is 0 Å². The zero-order valence-electron chi connectivity index (χ0n) is 29.1. The number of halogens is 3. The molecule has 0 spiro atoms. The summed E-state index contributed by atoms with van der Waals surface area (Å²) in [6.07, 6.45) is -0.166. The maximum Gasteiger partial charge on any atom is 0.407 e. The summed E-state index contributed by atoms with van der Waals surface area (Å²) in [5.74, 6) is -2.09. The minimum absolute atomic E-state index is 0.0375. The molecule has 0 fully saturated rings. The lowest BCUT2D eigenvalue weighted by molar-refractivity contribution is -0.124. The summed E-state index contributed by atoms with van der Waals surface area (Å²) in [5.41, 5.74) is 8.41. The van der Waals surface area contributed by atoms with E-state index < -0.39 is 46.8 Å². The number of ether oxygens (including phenoxy) is 1. The first-order valence-corrected chi connectivity index (χ1v) is 15.1. The van der Waals surface area contributed by atoms with Crippen LogP contribution >= 0.6 is 0 Å². The number of rotatable bonds is 10. The summed E-state index contributed by atoms with van der Waals surface area (Å²) in [7, 11) is 0. The van der Waals surface area contributed by atoms with E-state index in [1.54, 1.807) is 41.5 Å². The molecule has 2 aromatic carbocycles. The summed E-state index contributed by atoms with van der Waals surface area (Å²) in [6, 6.07) is 9.94. The number of primary amides is 1. The zero-order valence-corrected chi connectivity index (χ0v) is 29.1. The topological polar surface area (TPSA) is 126 Å². The maximum absolute atomic E-state index is 14.1. The second-order valence-electron chi connectivity index (χ2n) is 12.3. The van der Waals surface area contributed by atoms with Gasteiger partial charge < -0.3 is 26.2 Å². The average Bonchev–Trinajstić information content (AvgIpc) is 2.94. The van der Waals surface area contributed by atoms with E-state index in [-0.39, 0.29) is 25.2 Å². The molecular formula is C35H55F3N4O4. The van der Waals surface area contributed by atoms with Gasteiger partial charge in [0.25, 0.3) is 0 Å². The van der Waals surface area contributed by atoms with Gasteiger partial charge in [-0.1, -0.05) is 89.2 Å². The number of aryl methyl sites for hydroxylation is 2. The third-order valence-corrected chi connectivity index (χ3v) is 5.80. The Hall–Kier alpha value is -3.67. The number of hydrogen-bond donors (Lipinski definition) is 5. The van der Waals surface area contributed by atoms with Gasteiger partial charge in [-0.15, -0.1) is 10.0 Å². The van der Waals surface area contributed by atoms with E-state index in [1.807, 2.05) is 13.8 Å². The lowest BCUT2D eigenvalue weighted by Gasteiger charge is -2.24. The van der Waals surface area contributed by atoms with Crippen molar-refractivity contribution in [3.05, 3.63) is 89.5 Å². The zero-order chi connectivity index (χ0) is 36.3. The summed E-state index contributed by atoms with van der Waals surface area (Å²) in [4.78, 5) is 22.0. The van der Waals surface area contributed by atoms with Gasteiger partial charge in [0.2, 0.25) is 5.91 Å². The van der Waals surface area contributed by atoms with Crippen molar-refractivity contribution in [2.24, 2.45) is 11.1 Å². The molecule has 2 aromatic rings. The Labute approximate surface area is 273 Å². The van der Waals surface area contributed by atoms with Crippen molar-refractivity contribution in [2.75, 3.05) is 13.1 Å². The molecule has 2 atom stereocenters. The van der Waals surface area contributed by atoms with Gasteiger partial charge >= 0.3 is 6.09 Å². The van der Waals surface area contributed by atoms with Gasteiger partial charge in [-0.05, 0) is 63.3 Å². The Morgan fingerprint density at radius 1 is 0.978 bits per heavy atom. The van der Waals surface area contributed by atoms with E-state index in [1.165, 1.54) is 34.9 Å². The fourth-order valence-electron chi connectivity index (χ4n) is 3.31. The molecule has 46 heavy (non-hydrogen) atoms. The number of alkyl carbamates (subject to hydrolysis) is 1. The molecule has 0 saturated carbocycles. The largest absolute Gasteiger partial charge is 0.444 e. The van der Waals surface area contributed by atoms with Gasteiger partial charge in [-0.25, -0.2) is 13.6 Å². The summed E-state index contributed by atoms with van der Waals surface area (Å²) in [6.45, 7) is 25.6. The van der Waals surface area contributed by atoms with Gasteiger partial charge in [0, 0.05) is 25.2 Å². The molecule has 2 amide bonds. The first-order chi connectivity index (χ1) is 21.2. The van der Waals surface area contributed by atoms with Crippen LogP contribution in [0.2, 0.25) is 0 Å². The van der Waals surface area contributed by atoms with Crippen molar-refractivity contribution >= 4 is 17.6 Å². The van der Waals surface area contributed by atoms with Gasteiger partial charge in [-0.3, -0.25) is 4.79 Å². The van der Waals surface area contributed by atoms with Crippen LogP contribution in [0.25, 0.3) is 5.57 Å². The number of nitrogens with two attached hydrogens (primary N) is 1. The third-order valence-electron chi connectivity index (χ3n) is 5.80. The second kappa shape index (κ2) is 22.0. The van der Waals surface area contributed by atoms with E-state index in [4.69, 9.17) is 10.5 Å². The predicted octanol–water partition coefficient (Wildman–Crippen LogP) is 6.83. The van der Waals surface area contributed by atoms with Crippen molar-refractivity contribution in [2.45, 2.75) is 93.5 Å². The highest BCUT2D eigenvalue weighted by atomic mass is 19.2. The molecule has 0 bridgehead atoms. The van der Waals surface area contributed by atoms with Crippen molar-refractivity contribution in [3.63, 3.8) is 0 Å². The number of aliphatic hydroxyl groups excluding tert-OH is 1. The number of carbonyl (C=O) groups is 2. The molecule has 0 aromatic heterocycles. The first-order valence-electron chi connectivity index (χ1n) is 15.1. The smallest absolute Gasteiger partial charge is 0.407 e. The maximum atomic E-state index is 14.1. The Morgan fingerprint density at radius 3 is 1.76 bits per heavy atom. The number of carbonyl (C=O) groups excluding carboxylic acids is 2. The molecule has 0 radical (unpaired) electrons. The van der Waals surface area contributed by atoms with Crippen molar-refractivity contribution in [3.8, 4) is 0 Å². The standard InChI is InChI=1S/C19H26F2N2O3.C8H10.C6H13FN2O.C2H6/c1-6-12(2)13-7-16(20)15(17(21)8-13)11-22-9-14(24)10-23-18(25)26-19(3,4)5;1-7-3-5-8(2)6-4-7;1-6(2,3)4(9-7)5(8)10;1-2/h6-8,14,22,24H,1-2,9-11H2,3-5H3,(H,23,25);3-6H,1-2H3;4,9H,1-3H3,(H2,8,10);1-2H3. The fourth-order valence-corrected chi connectivity index (χ4v) is 3.31. The highest BCUT2D eigenvalue weighted by molar-refractivity contribution is 5.80. The lowest BCUT2D eigenvalue weighted by Crippen LogP contribution is -2.46. The van der Waals surface area contributed by atoms with Gasteiger partial charge in [0.15, 0.2) is 0 Å². The summed E-state index contributed by atoms with van der Waals surface area (Å²) in [5, 5.41) is 15.0. The normalized spacial score (nSPS) is 12.0. The van der Waals surface area contributed by atoms with Gasteiger partial charge in [0.1, 0.15) is 23.3 Å². The van der Waals surface area contributed by atoms with Crippen LogP contribution < -0.4 is 21.9 Å².